The third kappa shape index (κ3) is 7.95. The van der Waals surface area contributed by atoms with Crippen LogP contribution in [0.3, 0.4) is 0 Å². The Morgan fingerprint density at radius 2 is 1.59 bits per heavy atom. The van der Waals surface area contributed by atoms with Gasteiger partial charge in [-0.1, -0.05) is 84.4 Å². The van der Waals surface area contributed by atoms with Gasteiger partial charge in [0.05, 0.1) is 5.69 Å². The number of anilines is 2. The van der Waals surface area contributed by atoms with Crippen molar-refractivity contribution in [2.45, 2.75) is 25.7 Å². The Kier molecular flexibility index (Phi) is 9.41. The normalized spacial score (nSPS) is 11.1. The van der Waals surface area contributed by atoms with E-state index >= 15 is 0 Å². The van der Waals surface area contributed by atoms with E-state index < -0.39 is 30.2 Å². The van der Waals surface area contributed by atoms with Gasteiger partial charge in [-0.15, -0.1) is 0 Å². The molecule has 0 aliphatic heterocycles. The SMILES string of the molecule is O=C(Cn1c(-c2cccc(NC(=O)C(F)(F)F)c2)c(Cl)nc(NCCc2ccccc2)c1=O)OCc1ccccc1. The molecule has 3 aromatic carbocycles. The number of nitrogens with zero attached hydrogens (tertiary/aromatic N) is 2. The minimum absolute atomic E-state index is 0.0370. The Hall–Kier alpha value is -4.64. The molecule has 0 saturated carbocycles. The summed E-state index contributed by atoms with van der Waals surface area (Å²) in [4.78, 5) is 42.0. The van der Waals surface area contributed by atoms with Crippen molar-refractivity contribution in [2.75, 3.05) is 17.2 Å². The molecule has 8 nitrogen and oxygen atoms in total. The molecular formula is C29H24ClF3N4O4. The number of benzene rings is 3. The number of rotatable bonds is 10. The molecule has 12 heteroatoms. The lowest BCUT2D eigenvalue weighted by Gasteiger charge is -2.17. The lowest BCUT2D eigenvalue weighted by atomic mass is 10.1. The third-order valence-electron chi connectivity index (χ3n) is 5.85. The van der Waals surface area contributed by atoms with E-state index in [1.54, 1.807) is 29.6 Å². The summed E-state index contributed by atoms with van der Waals surface area (Å²) in [6.45, 7) is -0.265. The summed E-state index contributed by atoms with van der Waals surface area (Å²) in [5.41, 5.74) is 0.967. The van der Waals surface area contributed by atoms with E-state index in [-0.39, 0.29) is 34.5 Å². The van der Waals surface area contributed by atoms with Crippen molar-refractivity contribution in [1.29, 1.82) is 0 Å². The fourth-order valence-electron chi connectivity index (χ4n) is 3.91. The van der Waals surface area contributed by atoms with Crippen molar-refractivity contribution < 1.29 is 27.5 Å². The van der Waals surface area contributed by atoms with Crippen LogP contribution in [0.1, 0.15) is 11.1 Å². The molecule has 41 heavy (non-hydrogen) atoms. The highest BCUT2D eigenvalue weighted by molar-refractivity contribution is 6.32. The Morgan fingerprint density at radius 3 is 2.24 bits per heavy atom. The summed E-state index contributed by atoms with van der Waals surface area (Å²) in [7, 11) is 0. The van der Waals surface area contributed by atoms with E-state index in [1.807, 2.05) is 36.4 Å². The molecule has 0 bridgehead atoms. The maximum atomic E-state index is 13.5. The molecule has 2 N–H and O–H groups in total. The number of nitrogens with one attached hydrogen (secondary N) is 2. The largest absolute Gasteiger partial charge is 0.471 e. The van der Waals surface area contributed by atoms with Gasteiger partial charge in [0.15, 0.2) is 11.0 Å². The Balaban J connectivity index is 1.65. The fraction of sp³-hybridized carbons (Fsp3) is 0.172. The molecule has 1 aromatic heterocycles. The highest BCUT2D eigenvalue weighted by Gasteiger charge is 2.38. The van der Waals surface area contributed by atoms with Gasteiger partial charge >= 0.3 is 18.1 Å². The first-order valence-corrected chi connectivity index (χ1v) is 12.8. The molecule has 0 aliphatic rings. The molecule has 1 heterocycles. The lowest BCUT2D eigenvalue weighted by molar-refractivity contribution is -0.167. The van der Waals surface area contributed by atoms with Crippen LogP contribution < -0.4 is 16.2 Å². The van der Waals surface area contributed by atoms with Crippen LogP contribution in [-0.2, 0) is 33.9 Å². The van der Waals surface area contributed by atoms with E-state index in [1.165, 1.54) is 24.3 Å². The summed E-state index contributed by atoms with van der Waals surface area (Å²) < 4.78 is 44.7. The number of carbonyl (C=O) groups excluding carboxylic acids is 2. The van der Waals surface area contributed by atoms with Crippen molar-refractivity contribution in [3.8, 4) is 11.3 Å². The molecule has 1 amide bonds. The molecule has 0 radical (unpaired) electrons. The zero-order chi connectivity index (χ0) is 29.4. The highest BCUT2D eigenvalue weighted by Crippen LogP contribution is 2.29. The van der Waals surface area contributed by atoms with Crippen molar-refractivity contribution in [1.82, 2.24) is 9.55 Å². The molecule has 0 spiro atoms. The Morgan fingerprint density at radius 1 is 0.927 bits per heavy atom. The van der Waals surface area contributed by atoms with Crippen LogP contribution in [0, 0.1) is 0 Å². The molecule has 0 fully saturated rings. The van der Waals surface area contributed by atoms with Crippen molar-refractivity contribution in [2.24, 2.45) is 0 Å². The standard InChI is InChI=1S/C29H24ClF3N4O4/c30-25-24(21-12-7-13-22(16-21)35-28(40)29(31,32)33)37(17-23(38)41-18-20-10-5-2-6-11-20)27(39)26(36-25)34-15-14-19-8-3-1-4-9-19/h1-13,16H,14-15,17-18H2,(H,34,36)(H,35,40). The number of hydrogen-bond acceptors (Lipinski definition) is 6. The number of halogens is 4. The van der Waals surface area contributed by atoms with E-state index in [0.29, 0.717) is 13.0 Å². The number of alkyl halides is 3. The topological polar surface area (TPSA) is 102 Å². The Labute approximate surface area is 237 Å². The summed E-state index contributed by atoms with van der Waals surface area (Å²) in [5, 5.41) is 4.51. The first-order valence-electron chi connectivity index (χ1n) is 12.4. The smallest absolute Gasteiger partial charge is 0.459 e. The molecule has 0 aliphatic carbocycles. The van der Waals surface area contributed by atoms with Gasteiger partial charge in [-0.05, 0) is 29.7 Å². The molecule has 4 aromatic rings. The first-order chi connectivity index (χ1) is 19.6. The minimum Gasteiger partial charge on any atom is -0.459 e. The predicted molar refractivity (Wildman–Crippen MR) is 149 cm³/mol. The van der Waals surface area contributed by atoms with Gasteiger partial charge in [-0.25, -0.2) is 4.98 Å². The molecule has 4 rings (SSSR count). The van der Waals surface area contributed by atoms with E-state index in [4.69, 9.17) is 16.3 Å². The quantitative estimate of drug-likeness (QED) is 0.240. The molecular weight excluding hydrogens is 561 g/mol. The van der Waals surface area contributed by atoms with Crippen LogP contribution in [0.25, 0.3) is 11.3 Å². The van der Waals surface area contributed by atoms with Crippen LogP contribution in [0.15, 0.2) is 89.7 Å². The molecule has 212 valence electrons. The van der Waals surface area contributed by atoms with Crippen molar-refractivity contribution >= 4 is 35.0 Å². The van der Waals surface area contributed by atoms with Crippen LogP contribution in [-0.4, -0.2) is 34.1 Å². The monoisotopic (exact) mass is 584 g/mol. The van der Waals surface area contributed by atoms with Gasteiger partial charge < -0.3 is 15.4 Å². The van der Waals surface area contributed by atoms with Crippen LogP contribution >= 0.6 is 11.6 Å². The lowest BCUT2D eigenvalue weighted by Crippen LogP contribution is -2.31. The van der Waals surface area contributed by atoms with E-state index in [0.717, 1.165) is 15.7 Å². The number of esters is 1. The summed E-state index contributed by atoms with van der Waals surface area (Å²) in [5.74, 6) is -3.04. The van der Waals surface area contributed by atoms with Crippen molar-refractivity contribution in [3.05, 3.63) is 112 Å². The van der Waals surface area contributed by atoms with Gasteiger partial charge in [0.2, 0.25) is 0 Å². The van der Waals surface area contributed by atoms with Gasteiger partial charge in [0.25, 0.3) is 5.56 Å². The first kappa shape index (κ1) is 29.3. The van der Waals surface area contributed by atoms with Crippen LogP contribution in [0.4, 0.5) is 24.7 Å². The third-order valence-corrected chi connectivity index (χ3v) is 6.12. The van der Waals surface area contributed by atoms with E-state index in [2.05, 4.69) is 10.3 Å². The fourth-order valence-corrected chi connectivity index (χ4v) is 4.21. The number of aromatic nitrogens is 2. The van der Waals surface area contributed by atoms with Crippen LogP contribution in [0.5, 0.6) is 0 Å². The zero-order valence-electron chi connectivity index (χ0n) is 21.5. The van der Waals surface area contributed by atoms with Gasteiger partial charge in [-0.2, -0.15) is 13.2 Å². The minimum atomic E-state index is -5.10. The number of ether oxygens (including phenoxy) is 1. The zero-order valence-corrected chi connectivity index (χ0v) is 22.2. The van der Waals surface area contributed by atoms with Gasteiger partial charge in [0.1, 0.15) is 13.2 Å². The number of amides is 1. The van der Waals surface area contributed by atoms with E-state index in [9.17, 15) is 27.6 Å². The number of hydrogen-bond donors (Lipinski definition) is 2. The summed E-state index contributed by atoms with van der Waals surface area (Å²) >= 11 is 6.49. The second-order valence-electron chi connectivity index (χ2n) is 8.83. The summed E-state index contributed by atoms with van der Waals surface area (Å²) in [6.07, 6.45) is -4.53. The molecule has 0 unspecified atom stereocenters. The van der Waals surface area contributed by atoms with Crippen molar-refractivity contribution in [3.63, 3.8) is 0 Å². The summed E-state index contributed by atoms with van der Waals surface area (Å²) in [6, 6.07) is 23.7. The molecule has 0 saturated heterocycles. The second-order valence-corrected chi connectivity index (χ2v) is 9.19. The average molecular weight is 585 g/mol. The maximum Gasteiger partial charge on any atom is 0.471 e. The number of carbonyl (C=O) groups is 2. The maximum absolute atomic E-state index is 13.5. The average Bonchev–Trinajstić information content (AvgIpc) is 2.95. The second kappa shape index (κ2) is 13.1. The predicted octanol–water partition coefficient (Wildman–Crippen LogP) is 5.46. The molecule has 0 atom stereocenters. The van der Waals surface area contributed by atoms with Gasteiger partial charge in [0, 0.05) is 17.8 Å². The highest BCUT2D eigenvalue weighted by atomic mass is 35.5. The van der Waals surface area contributed by atoms with Crippen LogP contribution in [0.2, 0.25) is 5.15 Å². The Bertz CT molecular complexity index is 1580. The van der Waals surface area contributed by atoms with Gasteiger partial charge in [-0.3, -0.25) is 19.0 Å².